The standard InChI is InChI=1S/C23H18Cl2N2O2/c1-28-16-6-4-5-14(11-16)23-27-21(18-7-2-3-8-22(18)29-23)13-20(26-27)17-10-9-15(24)12-19(17)25/h2-12,21,23H,13H2,1H3. The minimum absolute atomic E-state index is 0.0675. The number of rotatable bonds is 3. The number of fused-ring (bicyclic) bond motifs is 3. The summed E-state index contributed by atoms with van der Waals surface area (Å²) in [6.07, 6.45) is 0.385. The van der Waals surface area contributed by atoms with Crippen molar-refractivity contribution in [2.45, 2.75) is 18.7 Å². The van der Waals surface area contributed by atoms with E-state index in [1.807, 2.05) is 59.6 Å². The van der Waals surface area contributed by atoms with Gasteiger partial charge in [0.25, 0.3) is 0 Å². The maximum Gasteiger partial charge on any atom is 0.214 e. The van der Waals surface area contributed by atoms with Gasteiger partial charge in [0.05, 0.1) is 23.9 Å². The quantitative estimate of drug-likeness (QED) is 0.498. The highest BCUT2D eigenvalue weighted by Gasteiger charge is 2.41. The number of para-hydroxylation sites is 1. The van der Waals surface area contributed by atoms with E-state index in [1.54, 1.807) is 13.2 Å². The van der Waals surface area contributed by atoms with Crippen LogP contribution in [0.15, 0.2) is 71.8 Å². The largest absolute Gasteiger partial charge is 0.497 e. The summed E-state index contributed by atoms with van der Waals surface area (Å²) in [5.41, 5.74) is 3.92. The number of methoxy groups -OCH3 is 1. The van der Waals surface area contributed by atoms with Crippen LogP contribution in [0.25, 0.3) is 0 Å². The first-order valence-electron chi connectivity index (χ1n) is 9.35. The zero-order chi connectivity index (χ0) is 20.0. The summed E-state index contributed by atoms with van der Waals surface area (Å²) in [5, 5.41) is 8.17. The molecule has 146 valence electrons. The molecular formula is C23H18Cl2N2O2. The van der Waals surface area contributed by atoms with Gasteiger partial charge in [-0.3, -0.25) is 0 Å². The molecule has 0 bridgehead atoms. The third-order valence-corrected chi connectivity index (χ3v) is 5.87. The van der Waals surface area contributed by atoms with Gasteiger partial charge in [0, 0.05) is 28.1 Å². The molecule has 0 saturated heterocycles. The van der Waals surface area contributed by atoms with E-state index >= 15 is 0 Å². The van der Waals surface area contributed by atoms with Crippen LogP contribution in [0.1, 0.15) is 35.4 Å². The fourth-order valence-electron chi connectivity index (χ4n) is 3.94. The molecule has 3 aromatic carbocycles. The first-order chi connectivity index (χ1) is 14.1. The maximum atomic E-state index is 6.47. The molecule has 0 radical (unpaired) electrons. The molecule has 0 fully saturated rings. The Balaban J connectivity index is 1.60. The van der Waals surface area contributed by atoms with Crippen molar-refractivity contribution in [2.75, 3.05) is 7.11 Å². The predicted molar refractivity (Wildman–Crippen MR) is 115 cm³/mol. The van der Waals surface area contributed by atoms with Crippen molar-refractivity contribution in [3.8, 4) is 11.5 Å². The zero-order valence-corrected chi connectivity index (χ0v) is 17.2. The number of halogens is 2. The van der Waals surface area contributed by atoms with Crippen LogP contribution in [-0.4, -0.2) is 17.8 Å². The Morgan fingerprint density at radius 1 is 1.03 bits per heavy atom. The summed E-state index contributed by atoms with van der Waals surface area (Å²) in [7, 11) is 1.66. The molecule has 2 aliphatic rings. The van der Waals surface area contributed by atoms with Gasteiger partial charge in [-0.25, -0.2) is 5.01 Å². The molecule has 0 N–H and O–H groups in total. The van der Waals surface area contributed by atoms with Crippen LogP contribution in [0.4, 0.5) is 0 Å². The van der Waals surface area contributed by atoms with Gasteiger partial charge < -0.3 is 9.47 Å². The van der Waals surface area contributed by atoms with Crippen molar-refractivity contribution in [3.63, 3.8) is 0 Å². The molecule has 0 aromatic heterocycles. The van der Waals surface area contributed by atoms with Crippen molar-refractivity contribution in [1.82, 2.24) is 5.01 Å². The summed E-state index contributed by atoms with van der Waals surface area (Å²) in [5.74, 6) is 1.66. The highest BCUT2D eigenvalue weighted by Crippen LogP contribution is 2.48. The van der Waals surface area contributed by atoms with Crippen molar-refractivity contribution in [2.24, 2.45) is 5.10 Å². The third kappa shape index (κ3) is 3.22. The van der Waals surface area contributed by atoms with E-state index in [0.717, 1.165) is 40.3 Å². The Morgan fingerprint density at radius 3 is 2.72 bits per heavy atom. The number of hydrogen-bond donors (Lipinski definition) is 0. The molecule has 5 rings (SSSR count). The number of hydrazone groups is 1. The topological polar surface area (TPSA) is 34.1 Å². The van der Waals surface area contributed by atoms with Gasteiger partial charge in [-0.2, -0.15) is 5.10 Å². The smallest absolute Gasteiger partial charge is 0.214 e. The van der Waals surface area contributed by atoms with Gasteiger partial charge in [0.1, 0.15) is 11.5 Å². The van der Waals surface area contributed by atoms with E-state index in [4.69, 9.17) is 37.8 Å². The number of ether oxygens (including phenoxy) is 2. The lowest BCUT2D eigenvalue weighted by molar-refractivity contribution is -0.0191. The van der Waals surface area contributed by atoms with Crippen molar-refractivity contribution >= 4 is 28.9 Å². The molecule has 0 saturated carbocycles. The van der Waals surface area contributed by atoms with Crippen LogP contribution < -0.4 is 9.47 Å². The van der Waals surface area contributed by atoms with E-state index in [2.05, 4.69) is 6.07 Å². The van der Waals surface area contributed by atoms with Crippen molar-refractivity contribution in [3.05, 3.63) is 93.5 Å². The van der Waals surface area contributed by atoms with E-state index < -0.39 is 0 Å². The van der Waals surface area contributed by atoms with Crippen LogP contribution in [-0.2, 0) is 0 Å². The average Bonchev–Trinajstić information content (AvgIpc) is 3.18. The van der Waals surface area contributed by atoms with Gasteiger partial charge in [-0.05, 0) is 30.3 Å². The summed E-state index contributed by atoms with van der Waals surface area (Å²) < 4.78 is 11.8. The molecular weight excluding hydrogens is 407 g/mol. The minimum Gasteiger partial charge on any atom is -0.497 e. The summed E-state index contributed by atoms with van der Waals surface area (Å²) in [4.78, 5) is 0. The summed E-state index contributed by atoms with van der Waals surface area (Å²) >= 11 is 12.5. The first-order valence-corrected chi connectivity index (χ1v) is 10.1. The third-order valence-electron chi connectivity index (χ3n) is 5.32. The van der Waals surface area contributed by atoms with E-state index in [0.29, 0.717) is 10.0 Å². The SMILES string of the molecule is COc1cccc(C2Oc3ccccc3C3CC(c4ccc(Cl)cc4Cl)=NN32)c1. The van der Waals surface area contributed by atoms with Crippen LogP contribution in [0, 0.1) is 0 Å². The van der Waals surface area contributed by atoms with Gasteiger partial charge >= 0.3 is 0 Å². The second kappa shape index (κ2) is 7.29. The first kappa shape index (κ1) is 18.3. The second-order valence-corrected chi connectivity index (χ2v) is 7.90. The minimum atomic E-state index is -0.353. The fraction of sp³-hybridized carbons (Fsp3) is 0.174. The number of hydrogen-bond acceptors (Lipinski definition) is 4. The lowest BCUT2D eigenvalue weighted by atomic mass is 9.96. The van der Waals surface area contributed by atoms with Crippen molar-refractivity contribution in [1.29, 1.82) is 0 Å². The molecule has 4 nitrogen and oxygen atoms in total. The molecule has 2 aliphatic heterocycles. The van der Waals surface area contributed by atoms with Crippen LogP contribution in [0.3, 0.4) is 0 Å². The summed E-state index contributed by atoms with van der Waals surface area (Å²) in [6.45, 7) is 0. The van der Waals surface area contributed by atoms with Crippen LogP contribution in [0.2, 0.25) is 10.0 Å². The molecule has 2 unspecified atom stereocenters. The molecule has 3 aromatic rings. The Kier molecular flexibility index (Phi) is 4.61. The highest BCUT2D eigenvalue weighted by molar-refractivity contribution is 6.37. The monoisotopic (exact) mass is 424 g/mol. The molecule has 6 heteroatoms. The molecule has 0 amide bonds. The van der Waals surface area contributed by atoms with Gasteiger partial charge in [-0.15, -0.1) is 0 Å². The normalized spacial score (nSPS) is 19.8. The fourth-order valence-corrected chi connectivity index (χ4v) is 4.45. The predicted octanol–water partition coefficient (Wildman–Crippen LogP) is 6.24. The Labute approximate surface area is 179 Å². The Bertz CT molecular complexity index is 1120. The number of benzene rings is 3. The van der Waals surface area contributed by atoms with Gasteiger partial charge in [0.15, 0.2) is 0 Å². The van der Waals surface area contributed by atoms with Gasteiger partial charge in [0.2, 0.25) is 6.23 Å². The molecule has 2 atom stereocenters. The lowest BCUT2D eigenvalue weighted by Crippen LogP contribution is -2.33. The lowest BCUT2D eigenvalue weighted by Gasteiger charge is -2.38. The second-order valence-electron chi connectivity index (χ2n) is 7.06. The van der Waals surface area contributed by atoms with Gasteiger partial charge in [-0.1, -0.05) is 59.6 Å². The van der Waals surface area contributed by atoms with E-state index in [9.17, 15) is 0 Å². The van der Waals surface area contributed by atoms with E-state index in [-0.39, 0.29) is 12.3 Å². The zero-order valence-electron chi connectivity index (χ0n) is 15.7. The Hall–Kier alpha value is -2.69. The number of nitrogens with zero attached hydrogens (tertiary/aromatic N) is 2. The maximum absolute atomic E-state index is 6.47. The average molecular weight is 425 g/mol. The van der Waals surface area contributed by atoms with E-state index in [1.165, 1.54) is 0 Å². The highest BCUT2D eigenvalue weighted by atomic mass is 35.5. The summed E-state index contributed by atoms with van der Waals surface area (Å²) in [6, 6.07) is 21.6. The van der Waals surface area contributed by atoms with Crippen LogP contribution in [0.5, 0.6) is 11.5 Å². The molecule has 0 spiro atoms. The molecule has 0 aliphatic carbocycles. The van der Waals surface area contributed by atoms with Crippen molar-refractivity contribution < 1.29 is 9.47 Å². The molecule has 29 heavy (non-hydrogen) atoms. The van der Waals surface area contributed by atoms with Crippen LogP contribution >= 0.6 is 23.2 Å². The Morgan fingerprint density at radius 2 is 1.90 bits per heavy atom. The molecule has 2 heterocycles.